The van der Waals surface area contributed by atoms with Crippen molar-refractivity contribution in [1.82, 2.24) is 9.80 Å². The second-order valence-electron chi connectivity index (χ2n) is 6.56. The third-order valence-electron chi connectivity index (χ3n) is 4.61. The van der Waals surface area contributed by atoms with Gasteiger partial charge in [0, 0.05) is 25.7 Å². The number of benzene rings is 1. The van der Waals surface area contributed by atoms with E-state index in [1.54, 1.807) is 36.2 Å². The van der Waals surface area contributed by atoms with Gasteiger partial charge in [0.25, 0.3) is 5.91 Å². The van der Waals surface area contributed by atoms with Gasteiger partial charge in [-0.05, 0) is 32.0 Å². The highest BCUT2D eigenvalue weighted by Crippen LogP contribution is 2.09. The smallest absolute Gasteiger partial charge is 0.254 e. The normalized spacial score (nSPS) is 15.0. The first-order valence-corrected chi connectivity index (χ1v) is 9.40. The molecule has 1 heterocycles. The molecule has 0 bridgehead atoms. The van der Waals surface area contributed by atoms with Crippen LogP contribution in [0.4, 0.5) is 0 Å². The minimum absolute atomic E-state index is 0.172. The summed E-state index contributed by atoms with van der Waals surface area (Å²) >= 11 is 0. The van der Waals surface area contributed by atoms with Crippen LogP contribution in [0.5, 0.6) is 0 Å². The molecule has 1 aliphatic heterocycles. The summed E-state index contributed by atoms with van der Waals surface area (Å²) in [5.41, 5.74) is 0.832. The molecule has 0 atom stereocenters. The third kappa shape index (κ3) is 6.86. The highest BCUT2D eigenvalue weighted by molar-refractivity contribution is 6.01. The SMILES string of the molecule is CN(CCOCCOCCN1CCCCC1)C(=O)c1ccccc1C=O. The van der Waals surface area contributed by atoms with Gasteiger partial charge in [-0.3, -0.25) is 9.59 Å². The molecule has 6 heteroatoms. The van der Waals surface area contributed by atoms with Crippen LogP contribution in [-0.4, -0.2) is 81.6 Å². The van der Waals surface area contributed by atoms with E-state index in [0.717, 1.165) is 13.2 Å². The van der Waals surface area contributed by atoms with E-state index in [2.05, 4.69) is 4.90 Å². The third-order valence-corrected chi connectivity index (χ3v) is 4.61. The van der Waals surface area contributed by atoms with Gasteiger partial charge in [0.15, 0.2) is 6.29 Å². The Morgan fingerprint density at radius 3 is 2.50 bits per heavy atom. The zero-order valence-electron chi connectivity index (χ0n) is 15.7. The number of hydrogen-bond acceptors (Lipinski definition) is 5. The molecule has 6 nitrogen and oxygen atoms in total. The van der Waals surface area contributed by atoms with Crippen LogP contribution < -0.4 is 0 Å². The number of likely N-dealkylation sites (N-methyl/N-ethyl adjacent to an activating group) is 1. The minimum atomic E-state index is -0.172. The van der Waals surface area contributed by atoms with Crippen molar-refractivity contribution in [2.24, 2.45) is 0 Å². The highest BCUT2D eigenvalue weighted by Gasteiger charge is 2.14. The van der Waals surface area contributed by atoms with Crippen LogP contribution in [0.2, 0.25) is 0 Å². The predicted octanol–water partition coefficient (Wildman–Crippen LogP) is 2.09. The quantitative estimate of drug-likeness (QED) is 0.446. The fourth-order valence-corrected chi connectivity index (χ4v) is 3.00. The number of carbonyl (C=O) groups is 2. The lowest BCUT2D eigenvalue weighted by molar-refractivity contribution is 0.0304. The Morgan fingerprint density at radius 1 is 1.08 bits per heavy atom. The molecule has 0 aromatic heterocycles. The Hall–Kier alpha value is -1.76. The van der Waals surface area contributed by atoms with Gasteiger partial charge in [-0.2, -0.15) is 0 Å². The molecule has 1 saturated heterocycles. The van der Waals surface area contributed by atoms with Crippen LogP contribution in [0, 0.1) is 0 Å². The van der Waals surface area contributed by atoms with Gasteiger partial charge in [0.05, 0.1) is 32.0 Å². The van der Waals surface area contributed by atoms with Crippen molar-refractivity contribution in [3.63, 3.8) is 0 Å². The van der Waals surface area contributed by atoms with E-state index in [1.165, 1.54) is 32.4 Å². The first kappa shape index (κ1) is 20.6. The molecule has 144 valence electrons. The van der Waals surface area contributed by atoms with Gasteiger partial charge in [0.2, 0.25) is 0 Å². The lowest BCUT2D eigenvalue weighted by atomic mass is 10.1. The van der Waals surface area contributed by atoms with Crippen molar-refractivity contribution in [2.75, 3.05) is 59.7 Å². The first-order valence-electron chi connectivity index (χ1n) is 9.40. The van der Waals surface area contributed by atoms with Crippen LogP contribution in [0.1, 0.15) is 40.0 Å². The fourth-order valence-electron chi connectivity index (χ4n) is 3.00. The second kappa shape index (κ2) is 11.8. The van der Waals surface area contributed by atoms with E-state index < -0.39 is 0 Å². The van der Waals surface area contributed by atoms with E-state index in [9.17, 15) is 9.59 Å². The topological polar surface area (TPSA) is 59.1 Å². The minimum Gasteiger partial charge on any atom is -0.378 e. The summed E-state index contributed by atoms with van der Waals surface area (Å²) in [6, 6.07) is 6.81. The molecule has 1 aliphatic rings. The van der Waals surface area contributed by atoms with Gasteiger partial charge in [-0.1, -0.05) is 24.6 Å². The van der Waals surface area contributed by atoms with E-state index in [0.29, 0.717) is 43.8 Å². The zero-order valence-corrected chi connectivity index (χ0v) is 15.7. The Balaban J connectivity index is 1.53. The fraction of sp³-hybridized carbons (Fsp3) is 0.600. The summed E-state index contributed by atoms with van der Waals surface area (Å²) < 4.78 is 11.1. The van der Waals surface area contributed by atoms with Gasteiger partial charge in [-0.25, -0.2) is 0 Å². The molecule has 1 fully saturated rings. The molecule has 26 heavy (non-hydrogen) atoms. The average molecular weight is 362 g/mol. The molecule has 2 rings (SSSR count). The monoisotopic (exact) mass is 362 g/mol. The van der Waals surface area contributed by atoms with Gasteiger partial charge in [0.1, 0.15) is 0 Å². The Morgan fingerprint density at radius 2 is 1.77 bits per heavy atom. The summed E-state index contributed by atoms with van der Waals surface area (Å²) in [5, 5.41) is 0. The van der Waals surface area contributed by atoms with Gasteiger partial charge < -0.3 is 19.3 Å². The Labute approximate surface area is 156 Å². The van der Waals surface area contributed by atoms with Crippen LogP contribution in [0.25, 0.3) is 0 Å². The first-order chi connectivity index (χ1) is 12.7. The van der Waals surface area contributed by atoms with Crippen LogP contribution in [-0.2, 0) is 9.47 Å². The molecular formula is C20H30N2O4. The Kier molecular flexibility index (Phi) is 9.31. The van der Waals surface area contributed by atoms with E-state index in [1.807, 2.05) is 0 Å². The van der Waals surface area contributed by atoms with Crippen molar-refractivity contribution in [3.8, 4) is 0 Å². The number of amides is 1. The van der Waals surface area contributed by atoms with Crippen molar-refractivity contribution in [2.45, 2.75) is 19.3 Å². The number of carbonyl (C=O) groups excluding carboxylic acids is 2. The van der Waals surface area contributed by atoms with Crippen LogP contribution in [0.3, 0.4) is 0 Å². The number of nitrogens with zero attached hydrogens (tertiary/aromatic N) is 2. The number of rotatable bonds is 11. The number of ether oxygens (including phenoxy) is 2. The van der Waals surface area contributed by atoms with Crippen molar-refractivity contribution < 1.29 is 19.1 Å². The molecule has 1 aromatic carbocycles. The van der Waals surface area contributed by atoms with Gasteiger partial charge >= 0.3 is 0 Å². The number of piperidine rings is 1. The molecular weight excluding hydrogens is 332 g/mol. The van der Waals surface area contributed by atoms with Crippen LogP contribution in [0.15, 0.2) is 24.3 Å². The maximum Gasteiger partial charge on any atom is 0.254 e. The van der Waals surface area contributed by atoms with Crippen LogP contribution >= 0.6 is 0 Å². The van der Waals surface area contributed by atoms with Crippen molar-refractivity contribution in [3.05, 3.63) is 35.4 Å². The molecule has 1 amide bonds. The molecule has 0 radical (unpaired) electrons. The summed E-state index contributed by atoms with van der Waals surface area (Å²) in [4.78, 5) is 27.4. The number of aldehydes is 1. The zero-order chi connectivity index (χ0) is 18.6. The molecule has 1 aromatic rings. The highest BCUT2D eigenvalue weighted by atomic mass is 16.5. The summed E-state index contributed by atoms with van der Waals surface area (Å²) in [6.07, 6.45) is 4.65. The molecule has 0 spiro atoms. The maximum absolute atomic E-state index is 12.4. The second-order valence-corrected chi connectivity index (χ2v) is 6.56. The predicted molar refractivity (Wildman–Crippen MR) is 101 cm³/mol. The summed E-state index contributed by atoms with van der Waals surface area (Å²) in [7, 11) is 1.71. The number of likely N-dealkylation sites (tertiary alicyclic amines) is 1. The molecule has 0 N–H and O–H groups in total. The summed E-state index contributed by atoms with van der Waals surface area (Å²) in [5.74, 6) is -0.172. The average Bonchev–Trinajstić information content (AvgIpc) is 2.70. The van der Waals surface area contributed by atoms with E-state index >= 15 is 0 Å². The molecule has 0 saturated carbocycles. The molecule has 0 unspecified atom stereocenters. The van der Waals surface area contributed by atoms with E-state index in [-0.39, 0.29) is 5.91 Å². The lowest BCUT2D eigenvalue weighted by Gasteiger charge is -2.26. The van der Waals surface area contributed by atoms with Gasteiger partial charge in [-0.15, -0.1) is 0 Å². The summed E-state index contributed by atoms with van der Waals surface area (Å²) in [6.45, 7) is 6.12. The lowest BCUT2D eigenvalue weighted by Crippen LogP contribution is -2.33. The largest absolute Gasteiger partial charge is 0.378 e. The Bertz CT molecular complexity index is 558. The standard InChI is InChI=1S/C20H30N2O4/c1-21(20(24)19-8-4-3-7-18(19)17-23)11-13-25-15-16-26-14-12-22-9-5-2-6-10-22/h3-4,7-8,17H,2,5-6,9-16H2,1H3. The number of hydrogen-bond donors (Lipinski definition) is 0. The van der Waals surface area contributed by atoms with Crippen molar-refractivity contribution >= 4 is 12.2 Å². The van der Waals surface area contributed by atoms with Crippen molar-refractivity contribution in [1.29, 1.82) is 0 Å². The molecule has 0 aliphatic carbocycles. The maximum atomic E-state index is 12.4. The van der Waals surface area contributed by atoms with E-state index in [4.69, 9.17) is 9.47 Å².